The SMILES string of the molecule is FC(F)(F)c1cccc(CN2CCN(c3cccc(C(F)(F)F)c3)CC2)c1. The standard InChI is InChI=1S/C19H18F6N2/c20-18(21,22)15-4-1-3-14(11-15)13-26-7-9-27(10-8-26)17-6-2-5-16(12-17)19(23,24)25/h1-6,11-12H,7-10,13H2. The van der Waals surface area contributed by atoms with Gasteiger partial charge in [0.1, 0.15) is 0 Å². The van der Waals surface area contributed by atoms with Gasteiger partial charge in [0, 0.05) is 38.4 Å². The molecule has 0 atom stereocenters. The Labute approximate surface area is 153 Å². The molecule has 0 amide bonds. The van der Waals surface area contributed by atoms with Crippen molar-refractivity contribution in [3.63, 3.8) is 0 Å². The van der Waals surface area contributed by atoms with Gasteiger partial charge < -0.3 is 4.90 Å². The summed E-state index contributed by atoms with van der Waals surface area (Å²) < 4.78 is 77.0. The number of halogens is 6. The van der Waals surface area contributed by atoms with Crippen LogP contribution in [0.25, 0.3) is 0 Å². The van der Waals surface area contributed by atoms with E-state index in [1.54, 1.807) is 12.1 Å². The van der Waals surface area contributed by atoms with E-state index < -0.39 is 23.5 Å². The maximum absolute atomic E-state index is 12.8. The highest BCUT2D eigenvalue weighted by Gasteiger charge is 2.32. The molecule has 27 heavy (non-hydrogen) atoms. The Bertz CT molecular complexity index is 776. The van der Waals surface area contributed by atoms with Gasteiger partial charge in [-0.1, -0.05) is 24.3 Å². The Kier molecular flexibility index (Phi) is 5.37. The molecule has 0 unspecified atom stereocenters. The van der Waals surface area contributed by atoms with Gasteiger partial charge >= 0.3 is 12.4 Å². The second-order valence-electron chi connectivity index (χ2n) is 6.51. The number of piperazine rings is 1. The van der Waals surface area contributed by atoms with E-state index in [-0.39, 0.29) is 0 Å². The topological polar surface area (TPSA) is 6.48 Å². The van der Waals surface area contributed by atoms with E-state index in [2.05, 4.69) is 0 Å². The quantitative estimate of drug-likeness (QED) is 0.680. The molecular formula is C19H18F6N2. The van der Waals surface area contributed by atoms with Gasteiger partial charge in [-0.3, -0.25) is 4.90 Å². The van der Waals surface area contributed by atoms with Crippen LogP contribution in [0.3, 0.4) is 0 Å². The smallest absolute Gasteiger partial charge is 0.369 e. The molecule has 0 bridgehead atoms. The summed E-state index contributed by atoms with van der Waals surface area (Å²) in [5, 5.41) is 0. The van der Waals surface area contributed by atoms with Crippen molar-refractivity contribution in [1.29, 1.82) is 0 Å². The number of rotatable bonds is 3. The van der Waals surface area contributed by atoms with E-state index in [4.69, 9.17) is 0 Å². The predicted molar refractivity (Wildman–Crippen MR) is 90.4 cm³/mol. The Balaban J connectivity index is 1.61. The number of alkyl halides is 6. The molecule has 8 heteroatoms. The lowest BCUT2D eigenvalue weighted by Gasteiger charge is -2.36. The van der Waals surface area contributed by atoms with Crippen molar-refractivity contribution in [2.24, 2.45) is 0 Å². The minimum atomic E-state index is -4.39. The molecule has 1 fully saturated rings. The maximum Gasteiger partial charge on any atom is 0.416 e. The Morgan fingerprint density at radius 1 is 0.704 bits per heavy atom. The van der Waals surface area contributed by atoms with Crippen LogP contribution in [-0.4, -0.2) is 31.1 Å². The third-order valence-electron chi connectivity index (χ3n) is 4.57. The zero-order valence-corrected chi connectivity index (χ0v) is 14.3. The van der Waals surface area contributed by atoms with Gasteiger partial charge in [-0.25, -0.2) is 0 Å². The highest BCUT2D eigenvalue weighted by Crippen LogP contribution is 2.32. The fourth-order valence-corrected chi connectivity index (χ4v) is 3.15. The van der Waals surface area contributed by atoms with Crippen LogP contribution in [0.5, 0.6) is 0 Å². The van der Waals surface area contributed by atoms with Crippen LogP contribution < -0.4 is 4.90 Å². The lowest BCUT2D eigenvalue weighted by Crippen LogP contribution is -2.46. The van der Waals surface area contributed by atoms with Gasteiger partial charge in [0.2, 0.25) is 0 Å². The Morgan fingerprint density at radius 3 is 1.85 bits per heavy atom. The highest BCUT2D eigenvalue weighted by molar-refractivity contribution is 5.49. The van der Waals surface area contributed by atoms with Crippen molar-refractivity contribution in [3.8, 4) is 0 Å². The monoisotopic (exact) mass is 388 g/mol. The summed E-state index contributed by atoms with van der Waals surface area (Å²) in [6.07, 6.45) is -8.76. The van der Waals surface area contributed by atoms with Gasteiger partial charge in [-0.05, 0) is 29.8 Å². The molecule has 0 saturated carbocycles. The van der Waals surface area contributed by atoms with Crippen LogP contribution in [-0.2, 0) is 18.9 Å². The van der Waals surface area contributed by atoms with Gasteiger partial charge in [-0.15, -0.1) is 0 Å². The van der Waals surface area contributed by atoms with E-state index in [0.717, 1.165) is 24.3 Å². The molecule has 1 heterocycles. The molecule has 2 aromatic carbocycles. The first kappa shape index (κ1) is 19.5. The molecule has 3 rings (SSSR count). The van der Waals surface area contributed by atoms with Gasteiger partial charge in [0.15, 0.2) is 0 Å². The van der Waals surface area contributed by atoms with Crippen LogP contribution in [0.2, 0.25) is 0 Å². The Hall–Kier alpha value is -2.22. The average Bonchev–Trinajstić information content (AvgIpc) is 2.61. The van der Waals surface area contributed by atoms with Crippen LogP contribution in [0.4, 0.5) is 32.0 Å². The van der Waals surface area contributed by atoms with E-state index in [1.807, 2.05) is 9.80 Å². The third-order valence-corrected chi connectivity index (χ3v) is 4.57. The summed E-state index contributed by atoms with van der Waals surface area (Å²) in [5.41, 5.74) is -0.296. The molecule has 2 aromatic rings. The van der Waals surface area contributed by atoms with Crippen molar-refractivity contribution < 1.29 is 26.3 Å². The summed E-state index contributed by atoms with van der Waals surface area (Å²) in [7, 11) is 0. The molecule has 1 aliphatic rings. The number of benzene rings is 2. The lowest BCUT2D eigenvalue weighted by atomic mass is 10.1. The van der Waals surface area contributed by atoms with Crippen molar-refractivity contribution in [1.82, 2.24) is 4.90 Å². The predicted octanol–water partition coefficient (Wildman–Crippen LogP) is 5.05. The van der Waals surface area contributed by atoms with Gasteiger partial charge in [0.25, 0.3) is 0 Å². The van der Waals surface area contributed by atoms with E-state index in [1.165, 1.54) is 12.1 Å². The lowest BCUT2D eigenvalue weighted by molar-refractivity contribution is -0.138. The fraction of sp³-hybridized carbons (Fsp3) is 0.368. The number of hydrogen-bond donors (Lipinski definition) is 0. The number of nitrogens with zero attached hydrogens (tertiary/aromatic N) is 2. The number of hydrogen-bond acceptors (Lipinski definition) is 2. The van der Waals surface area contributed by atoms with Crippen LogP contribution >= 0.6 is 0 Å². The second kappa shape index (κ2) is 7.42. The molecule has 1 saturated heterocycles. The molecule has 0 N–H and O–H groups in total. The zero-order chi connectivity index (χ0) is 19.7. The molecule has 2 nitrogen and oxygen atoms in total. The molecule has 0 aliphatic carbocycles. The van der Waals surface area contributed by atoms with Crippen molar-refractivity contribution >= 4 is 5.69 Å². The first-order chi connectivity index (χ1) is 12.6. The first-order valence-electron chi connectivity index (χ1n) is 8.43. The highest BCUT2D eigenvalue weighted by atomic mass is 19.4. The minimum absolute atomic E-state index is 0.375. The van der Waals surface area contributed by atoms with E-state index >= 15 is 0 Å². The van der Waals surface area contributed by atoms with Crippen LogP contribution in [0, 0.1) is 0 Å². The van der Waals surface area contributed by atoms with Crippen molar-refractivity contribution in [2.45, 2.75) is 18.9 Å². The fourth-order valence-electron chi connectivity index (χ4n) is 3.15. The van der Waals surface area contributed by atoms with Gasteiger partial charge in [0.05, 0.1) is 11.1 Å². The molecule has 146 valence electrons. The molecule has 0 aromatic heterocycles. The minimum Gasteiger partial charge on any atom is -0.369 e. The van der Waals surface area contributed by atoms with Crippen molar-refractivity contribution in [3.05, 3.63) is 65.2 Å². The summed E-state index contributed by atoms with van der Waals surface area (Å²) in [6, 6.07) is 10.4. The largest absolute Gasteiger partial charge is 0.416 e. The normalized spacial score (nSPS) is 16.6. The van der Waals surface area contributed by atoms with Crippen LogP contribution in [0.1, 0.15) is 16.7 Å². The Morgan fingerprint density at radius 2 is 1.26 bits per heavy atom. The zero-order valence-electron chi connectivity index (χ0n) is 14.3. The van der Waals surface area contributed by atoms with Crippen LogP contribution in [0.15, 0.2) is 48.5 Å². The summed E-state index contributed by atoms with van der Waals surface area (Å²) in [4.78, 5) is 3.86. The second-order valence-corrected chi connectivity index (χ2v) is 6.51. The molecular weight excluding hydrogens is 370 g/mol. The summed E-state index contributed by atoms with van der Waals surface area (Å²) >= 11 is 0. The molecule has 0 spiro atoms. The molecule has 0 radical (unpaired) electrons. The number of anilines is 1. The molecule has 1 aliphatic heterocycles. The maximum atomic E-state index is 12.8. The average molecular weight is 388 g/mol. The third kappa shape index (κ3) is 4.94. The summed E-state index contributed by atoms with van der Waals surface area (Å²) in [5.74, 6) is 0. The van der Waals surface area contributed by atoms with E-state index in [0.29, 0.717) is 44.0 Å². The first-order valence-corrected chi connectivity index (χ1v) is 8.43. The summed E-state index contributed by atoms with van der Waals surface area (Å²) in [6.45, 7) is 2.53. The van der Waals surface area contributed by atoms with E-state index in [9.17, 15) is 26.3 Å². The van der Waals surface area contributed by atoms with Gasteiger partial charge in [-0.2, -0.15) is 26.3 Å². The van der Waals surface area contributed by atoms with Crippen molar-refractivity contribution in [2.75, 3.05) is 31.1 Å².